The summed E-state index contributed by atoms with van der Waals surface area (Å²) in [6, 6.07) is 21.4. The molecule has 0 saturated carbocycles. The van der Waals surface area contributed by atoms with E-state index in [4.69, 9.17) is 4.98 Å². The van der Waals surface area contributed by atoms with Crippen LogP contribution in [0.5, 0.6) is 0 Å². The van der Waals surface area contributed by atoms with Crippen LogP contribution in [0.25, 0.3) is 22.2 Å². The Labute approximate surface area is 134 Å². The van der Waals surface area contributed by atoms with Crippen LogP contribution in [-0.4, -0.2) is 11.1 Å². The molecule has 1 nitrogen and oxygen atoms in total. The predicted octanol–water partition coefficient (Wildman–Crippen LogP) is 5.74. The van der Waals surface area contributed by atoms with Gasteiger partial charge in [-0.05, 0) is 35.9 Å². The molecule has 0 amide bonds. The first-order valence-electron chi connectivity index (χ1n) is 7.88. The lowest BCUT2D eigenvalue weighted by molar-refractivity contribution is 0.747. The van der Waals surface area contributed by atoms with Crippen LogP contribution in [0.3, 0.4) is 0 Å². The lowest BCUT2D eigenvalue weighted by Gasteiger charge is -2.07. The highest BCUT2D eigenvalue weighted by Gasteiger charge is 2.02. The minimum absolute atomic E-state index is 0.805. The minimum atomic E-state index is 0.805. The normalized spacial score (nSPS) is 11.8. The van der Waals surface area contributed by atoms with E-state index >= 15 is 0 Å². The van der Waals surface area contributed by atoms with Crippen molar-refractivity contribution >= 4 is 19.5 Å². The first-order valence-corrected chi connectivity index (χ1v) is 9.29. The Hall–Kier alpha value is -1.72. The van der Waals surface area contributed by atoms with E-state index in [9.17, 15) is 0 Å². The number of fused-ring (bicyclic) bond motifs is 1. The van der Waals surface area contributed by atoms with Gasteiger partial charge in [0.05, 0.1) is 11.2 Å². The summed E-state index contributed by atoms with van der Waals surface area (Å²) in [7, 11) is 1.02. The minimum Gasteiger partial charge on any atom is -0.248 e. The number of pyridine rings is 1. The SMILES string of the molecule is CC(C)CPCc1ccc(-c2ccc3ccccc3n2)cc1. The van der Waals surface area contributed by atoms with Gasteiger partial charge in [0.2, 0.25) is 0 Å². The topological polar surface area (TPSA) is 12.9 Å². The molecule has 0 aliphatic heterocycles. The fourth-order valence-electron chi connectivity index (χ4n) is 2.53. The molecule has 3 rings (SSSR count). The number of hydrogen-bond acceptors (Lipinski definition) is 1. The molecule has 0 N–H and O–H groups in total. The molecule has 22 heavy (non-hydrogen) atoms. The van der Waals surface area contributed by atoms with Gasteiger partial charge in [0, 0.05) is 10.9 Å². The molecular weight excluding hydrogens is 285 g/mol. The van der Waals surface area contributed by atoms with Crippen LogP contribution < -0.4 is 0 Å². The second-order valence-corrected chi connectivity index (χ2v) is 7.37. The van der Waals surface area contributed by atoms with Gasteiger partial charge in [-0.3, -0.25) is 0 Å². The summed E-state index contributed by atoms with van der Waals surface area (Å²) in [5, 5.41) is 1.19. The molecule has 0 bridgehead atoms. The van der Waals surface area contributed by atoms with Crippen LogP contribution in [-0.2, 0) is 6.16 Å². The molecule has 1 unspecified atom stereocenters. The van der Waals surface area contributed by atoms with Crippen LogP contribution >= 0.6 is 8.58 Å². The highest BCUT2D eigenvalue weighted by Crippen LogP contribution is 2.25. The maximum absolute atomic E-state index is 4.76. The number of nitrogens with zero attached hydrogens (tertiary/aromatic N) is 1. The van der Waals surface area contributed by atoms with E-state index in [2.05, 4.69) is 68.4 Å². The molecule has 1 aromatic heterocycles. The largest absolute Gasteiger partial charge is 0.248 e. The smallest absolute Gasteiger partial charge is 0.0709 e. The fourth-order valence-corrected chi connectivity index (χ4v) is 3.77. The van der Waals surface area contributed by atoms with Crippen molar-refractivity contribution in [1.29, 1.82) is 0 Å². The third kappa shape index (κ3) is 3.72. The number of benzene rings is 2. The Bertz CT molecular complexity index is 747. The van der Waals surface area contributed by atoms with Gasteiger partial charge in [-0.25, -0.2) is 4.98 Å². The van der Waals surface area contributed by atoms with Crippen molar-refractivity contribution in [2.24, 2.45) is 5.92 Å². The molecule has 1 atom stereocenters. The third-order valence-electron chi connectivity index (χ3n) is 3.73. The van der Waals surface area contributed by atoms with Gasteiger partial charge in [-0.15, -0.1) is 8.58 Å². The molecule has 0 aliphatic rings. The molecule has 0 fully saturated rings. The van der Waals surface area contributed by atoms with E-state index in [1.807, 2.05) is 6.07 Å². The summed E-state index contributed by atoms with van der Waals surface area (Å²) < 4.78 is 0. The van der Waals surface area contributed by atoms with Crippen molar-refractivity contribution in [1.82, 2.24) is 4.98 Å². The van der Waals surface area contributed by atoms with E-state index in [1.54, 1.807) is 0 Å². The molecule has 3 aromatic rings. The summed E-state index contributed by atoms with van der Waals surface area (Å²) in [4.78, 5) is 4.76. The highest BCUT2D eigenvalue weighted by molar-refractivity contribution is 7.37. The van der Waals surface area contributed by atoms with E-state index in [0.717, 1.165) is 25.7 Å². The van der Waals surface area contributed by atoms with Gasteiger partial charge >= 0.3 is 0 Å². The molecule has 0 radical (unpaired) electrons. The van der Waals surface area contributed by atoms with Crippen LogP contribution in [0.1, 0.15) is 19.4 Å². The van der Waals surface area contributed by atoms with Crippen molar-refractivity contribution in [3.63, 3.8) is 0 Å². The first kappa shape index (κ1) is 15.2. The summed E-state index contributed by atoms with van der Waals surface area (Å²) in [5.41, 5.74) is 4.74. The predicted molar refractivity (Wildman–Crippen MR) is 98.9 cm³/mol. The van der Waals surface area contributed by atoms with E-state index in [0.29, 0.717) is 0 Å². The second kappa shape index (κ2) is 7.03. The monoisotopic (exact) mass is 307 g/mol. The Morgan fingerprint density at radius 2 is 1.68 bits per heavy atom. The maximum Gasteiger partial charge on any atom is 0.0709 e. The zero-order valence-corrected chi connectivity index (χ0v) is 14.2. The van der Waals surface area contributed by atoms with Crippen LogP contribution in [0.2, 0.25) is 0 Å². The van der Waals surface area contributed by atoms with Gasteiger partial charge in [0.15, 0.2) is 0 Å². The van der Waals surface area contributed by atoms with Crippen molar-refractivity contribution < 1.29 is 0 Å². The lowest BCUT2D eigenvalue weighted by Crippen LogP contribution is -1.90. The van der Waals surface area contributed by atoms with E-state index in [-0.39, 0.29) is 0 Å². The van der Waals surface area contributed by atoms with Crippen LogP contribution in [0.4, 0.5) is 0 Å². The zero-order chi connectivity index (χ0) is 15.4. The molecule has 0 aliphatic carbocycles. The average molecular weight is 307 g/mol. The molecule has 112 valence electrons. The number of rotatable bonds is 5. The van der Waals surface area contributed by atoms with Gasteiger partial charge in [0.1, 0.15) is 0 Å². The third-order valence-corrected chi connectivity index (χ3v) is 5.49. The summed E-state index contributed by atoms with van der Waals surface area (Å²) >= 11 is 0. The molecular formula is C20H22NP. The Balaban J connectivity index is 1.76. The van der Waals surface area contributed by atoms with E-state index in [1.165, 1.54) is 28.8 Å². The van der Waals surface area contributed by atoms with E-state index < -0.39 is 0 Å². The first-order chi connectivity index (χ1) is 10.7. The standard InChI is InChI=1S/C20H22NP/c1-15(2)13-22-14-16-7-9-18(10-8-16)20-12-11-17-5-3-4-6-19(17)21-20/h3-12,15,22H,13-14H2,1-2H3. The highest BCUT2D eigenvalue weighted by atomic mass is 31.1. The summed E-state index contributed by atoms with van der Waals surface area (Å²) in [6.07, 6.45) is 2.53. The fraction of sp³-hybridized carbons (Fsp3) is 0.250. The Morgan fingerprint density at radius 1 is 0.909 bits per heavy atom. The molecule has 2 aromatic carbocycles. The average Bonchev–Trinajstić information content (AvgIpc) is 2.55. The van der Waals surface area contributed by atoms with Gasteiger partial charge in [-0.1, -0.05) is 62.4 Å². The van der Waals surface area contributed by atoms with Crippen molar-refractivity contribution in [2.75, 3.05) is 6.16 Å². The number of hydrogen-bond donors (Lipinski definition) is 0. The quantitative estimate of drug-likeness (QED) is 0.548. The maximum atomic E-state index is 4.76. The Morgan fingerprint density at radius 3 is 2.45 bits per heavy atom. The second-order valence-electron chi connectivity index (χ2n) is 6.11. The molecule has 1 heterocycles. The molecule has 0 spiro atoms. The molecule has 0 saturated heterocycles. The van der Waals surface area contributed by atoms with Gasteiger partial charge in [0.25, 0.3) is 0 Å². The summed E-state index contributed by atoms with van der Waals surface area (Å²) in [6.45, 7) is 4.59. The molecule has 2 heteroatoms. The van der Waals surface area contributed by atoms with Crippen LogP contribution in [0, 0.1) is 5.92 Å². The van der Waals surface area contributed by atoms with Crippen molar-refractivity contribution in [3.05, 3.63) is 66.2 Å². The Kier molecular flexibility index (Phi) is 4.85. The van der Waals surface area contributed by atoms with Gasteiger partial charge in [-0.2, -0.15) is 0 Å². The van der Waals surface area contributed by atoms with Crippen molar-refractivity contribution in [2.45, 2.75) is 20.0 Å². The zero-order valence-electron chi connectivity index (χ0n) is 13.2. The number of para-hydroxylation sites is 1. The summed E-state index contributed by atoms with van der Waals surface area (Å²) in [5.74, 6) is 0.805. The van der Waals surface area contributed by atoms with Gasteiger partial charge < -0.3 is 0 Å². The van der Waals surface area contributed by atoms with Crippen LogP contribution in [0.15, 0.2) is 60.7 Å². The van der Waals surface area contributed by atoms with Crippen molar-refractivity contribution in [3.8, 4) is 11.3 Å². The number of aromatic nitrogens is 1. The lowest BCUT2D eigenvalue weighted by atomic mass is 10.1.